The highest BCUT2D eigenvalue weighted by atomic mass is 35.5. The number of benzene rings is 2. The lowest BCUT2D eigenvalue weighted by molar-refractivity contribution is 0.0526. The third kappa shape index (κ3) is 3.62. The third-order valence-electron chi connectivity index (χ3n) is 2.85. The van der Waals surface area contributed by atoms with E-state index in [1.165, 1.54) is 36.4 Å². The van der Waals surface area contributed by atoms with Gasteiger partial charge in [-0.1, -0.05) is 23.7 Å². The highest BCUT2D eigenvalue weighted by molar-refractivity contribution is 6.34. The molecule has 2 aromatic rings. The molecular weight excluding hydrogens is 309 g/mol. The Hall–Kier alpha value is -2.40. The van der Waals surface area contributed by atoms with E-state index in [9.17, 15) is 14.0 Å². The predicted octanol–water partition coefficient (Wildman–Crippen LogP) is 3.91. The molecule has 2 rings (SSSR count). The van der Waals surface area contributed by atoms with E-state index in [1.807, 2.05) is 0 Å². The van der Waals surface area contributed by atoms with Crippen molar-refractivity contribution in [3.05, 3.63) is 64.4 Å². The molecule has 0 aliphatic carbocycles. The maximum Gasteiger partial charge on any atom is 0.338 e. The van der Waals surface area contributed by atoms with Crippen molar-refractivity contribution in [1.82, 2.24) is 0 Å². The number of hydrogen-bond donors (Lipinski definition) is 1. The zero-order valence-electron chi connectivity index (χ0n) is 11.7. The number of rotatable bonds is 4. The standard InChI is InChI=1S/C16H13ClFNO3/c1-2-22-16(21)10-7-8-14(12(17)9-10)19-15(20)11-5-3-4-6-13(11)18/h3-9H,2H2,1H3,(H,19,20). The Bertz CT molecular complexity index is 718. The molecule has 0 aromatic heterocycles. The monoisotopic (exact) mass is 321 g/mol. The molecule has 0 unspecified atom stereocenters. The van der Waals surface area contributed by atoms with Gasteiger partial charge in [0.05, 0.1) is 28.4 Å². The first-order valence-electron chi connectivity index (χ1n) is 6.55. The van der Waals surface area contributed by atoms with Gasteiger partial charge in [0.15, 0.2) is 0 Å². The summed E-state index contributed by atoms with van der Waals surface area (Å²) < 4.78 is 18.4. The minimum atomic E-state index is -0.626. The van der Waals surface area contributed by atoms with Crippen LogP contribution in [0.25, 0.3) is 0 Å². The van der Waals surface area contributed by atoms with Gasteiger partial charge >= 0.3 is 5.97 Å². The number of halogens is 2. The summed E-state index contributed by atoms with van der Waals surface area (Å²) in [5.74, 6) is -1.75. The van der Waals surface area contributed by atoms with Crippen molar-refractivity contribution >= 4 is 29.2 Å². The van der Waals surface area contributed by atoms with Crippen molar-refractivity contribution in [2.75, 3.05) is 11.9 Å². The Labute approximate surface area is 131 Å². The fraction of sp³-hybridized carbons (Fsp3) is 0.125. The molecule has 114 valence electrons. The summed E-state index contributed by atoms with van der Waals surface area (Å²) in [6.07, 6.45) is 0. The molecule has 0 radical (unpaired) electrons. The third-order valence-corrected chi connectivity index (χ3v) is 3.16. The number of ether oxygens (including phenoxy) is 1. The van der Waals surface area contributed by atoms with Crippen LogP contribution in [0.1, 0.15) is 27.6 Å². The van der Waals surface area contributed by atoms with Gasteiger partial charge in [-0.3, -0.25) is 4.79 Å². The second-order valence-electron chi connectivity index (χ2n) is 4.35. The second kappa shape index (κ2) is 7.04. The minimum Gasteiger partial charge on any atom is -0.462 e. The molecule has 22 heavy (non-hydrogen) atoms. The van der Waals surface area contributed by atoms with Crippen LogP contribution in [-0.4, -0.2) is 18.5 Å². The van der Waals surface area contributed by atoms with E-state index >= 15 is 0 Å². The van der Waals surface area contributed by atoms with Crippen molar-refractivity contribution in [2.45, 2.75) is 6.92 Å². The van der Waals surface area contributed by atoms with Gasteiger partial charge in [-0.2, -0.15) is 0 Å². The SMILES string of the molecule is CCOC(=O)c1ccc(NC(=O)c2ccccc2F)c(Cl)c1. The Morgan fingerprint density at radius 1 is 1.23 bits per heavy atom. The average Bonchev–Trinajstić information content (AvgIpc) is 2.49. The second-order valence-corrected chi connectivity index (χ2v) is 4.76. The summed E-state index contributed by atoms with van der Waals surface area (Å²) in [6, 6.07) is 9.94. The van der Waals surface area contributed by atoms with Crippen molar-refractivity contribution in [3.8, 4) is 0 Å². The van der Waals surface area contributed by atoms with Gasteiger partial charge in [-0.15, -0.1) is 0 Å². The Morgan fingerprint density at radius 3 is 2.59 bits per heavy atom. The molecular formula is C16H13ClFNO3. The van der Waals surface area contributed by atoms with E-state index in [0.29, 0.717) is 0 Å². The molecule has 6 heteroatoms. The summed E-state index contributed by atoms with van der Waals surface area (Å²) in [5.41, 5.74) is 0.465. The molecule has 0 spiro atoms. The highest BCUT2D eigenvalue weighted by Crippen LogP contribution is 2.24. The minimum absolute atomic E-state index is 0.0898. The molecule has 0 atom stereocenters. The van der Waals surface area contributed by atoms with Crippen LogP contribution in [0.15, 0.2) is 42.5 Å². The van der Waals surface area contributed by atoms with E-state index < -0.39 is 17.7 Å². The quantitative estimate of drug-likeness (QED) is 0.869. The first kappa shape index (κ1) is 16.0. The lowest BCUT2D eigenvalue weighted by Crippen LogP contribution is -2.14. The summed E-state index contributed by atoms with van der Waals surface area (Å²) in [7, 11) is 0. The molecule has 1 amide bonds. The number of anilines is 1. The van der Waals surface area contributed by atoms with Crippen molar-refractivity contribution in [2.24, 2.45) is 0 Å². The van der Waals surface area contributed by atoms with Crippen LogP contribution in [0.2, 0.25) is 5.02 Å². The largest absolute Gasteiger partial charge is 0.462 e. The topological polar surface area (TPSA) is 55.4 Å². The summed E-state index contributed by atoms with van der Waals surface area (Å²) in [4.78, 5) is 23.6. The van der Waals surface area contributed by atoms with Gasteiger partial charge in [-0.05, 0) is 37.3 Å². The van der Waals surface area contributed by atoms with Crippen molar-refractivity contribution in [1.29, 1.82) is 0 Å². The van der Waals surface area contributed by atoms with E-state index in [0.717, 1.165) is 0 Å². The van der Waals surface area contributed by atoms with E-state index in [4.69, 9.17) is 16.3 Å². The molecule has 0 bridgehead atoms. The van der Waals surface area contributed by atoms with Crippen LogP contribution in [0, 0.1) is 5.82 Å². The van der Waals surface area contributed by atoms with E-state index in [2.05, 4.69) is 5.32 Å². The zero-order valence-corrected chi connectivity index (χ0v) is 12.5. The van der Waals surface area contributed by atoms with Crippen LogP contribution in [0.3, 0.4) is 0 Å². The van der Waals surface area contributed by atoms with Gasteiger partial charge in [0.2, 0.25) is 0 Å². The molecule has 0 aliphatic rings. The van der Waals surface area contributed by atoms with Crippen molar-refractivity contribution < 1.29 is 18.7 Å². The Kier molecular flexibility index (Phi) is 5.12. The lowest BCUT2D eigenvalue weighted by atomic mass is 10.1. The number of hydrogen-bond acceptors (Lipinski definition) is 3. The molecule has 0 aliphatic heterocycles. The number of nitrogens with one attached hydrogen (secondary N) is 1. The highest BCUT2D eigenvalue weighted by Gasteiger charge is 2.14. The molecule has 0 fully saturated rings. The first-order valence-corrected chi connectivity index (χ1v) is 6.93. The van der Waals surface area contributed by atoms with Crippen LogP contribution < -0.4 is 5.32 Å². The van der Waals surface area contributed by atoms with Gasteiger partial charge < -0.3 is 10.1 Å². The Balaban J connectivity index is 2.19. The fourth-order valence-electron chi connectivity index (χ4n) is 1.79. The molecule has 1 N–H and O–H groups in total. The number of esters is 1. The molecule has 0 saturated heterocycles. The first-order chi connectivity index (χ1) is 10.5. The number of amides is 1. The zero-order chi connectivity index (χ0) is 16.1. The maximum absolute atomic E-state index is 13.5. The molecule has 4 nitrogen and oxygen atoms in total. The fourth-order valence-corrected chi connectivity index (χ4v) is 2.02. The van der Waals surface area contributed by atoms with Crippen LogP contribution in [0.4, 0.5) is 10.1 Å². The van der Waals surface area contributed by atoms with Crippen LogP contribution in [0.5, 0.6) is 0 Å². The summed E-state index contributed by atoms with van der Waals surface area (Å²) in [6.45, 7) is 1.95. The Morgan fingerprint density at radius 2 is 1.95 bits per heavy atom. The molecule has 2 aromatic carbocycles. The normalized spacial score (nSPS) is 10.1. The lowest BCUT2D eigenvalue weighted by Gasteiger charge is -2.09. The number of carbonyl (C=O) groups is 2. The summed E-state index contributed by atoms with van der Waals surface area (Å²) >= 11 is 6.03. The molecule has 0 heterocycles. The predicted molar refractivity (Wildman–Crippen MR) is 81.8 cm³/mol. The van der Waals surface area contributed by atoms with E-state index in [1.54, 1.807) is 13.0 Å². The maximum atomic E-state index is 13.5. The van der Waals surface area contributed by atoms with Gasteiger partial charge in [0.25, 0.3) is 5.91 Å². The smallest absolute Gasteiger partial charge is 0.338 e. The van der Waals surface area contributed by atoms with Gasteiger partial charge in [0.1, 0.15) is 5.82 Å². The summed E-state index contributed by atoms with van der Waals surface area (Å²) in [5, 5.41) is 2.66. The molecule has 0 saturated carbocycles. The van der Waals surface area contributed by atoms with Gasteiger partial charge in [-0.25, -0.2) is 9.18 Å². The van der Waals surface area contributed by atoms with Crippen LogP contribution in [-0.2, 0) is 4.74 Å². The van der Waals surface area contributed by atoms with Crippen LogP contribution >= 0.6 is 11.6 Å². The number of carbonyl (C=O) groups excluding carboxylic acids is 2. The van der Waals surface area contributed by atoms with Gasteiger partial charge in [0, 0.05) is 0 Å². The van der Waals surface area contributed by atoms with E-state index in [-0.39, 0.29) is 28.4 Å². The average molecular weight is 322 g/mol. The van der Waals surface area contributed by atoms with Crippen molar-refractivity contribution in [3.63, 3.8) is 0 Å².